The Morgan fingerprint density at radius 2 is 1.51 bits per heavy atom. The maximum atomic E-state index is 13.4. The molecule has 77 heavy (non-hydrogen) atoms. The summed E-state index contributed by atoms with van der Waals surface area (Å²) in [4.78, 5) is 11.3. The van der Waals surface area contributed by atoms with Crippen LogP contribution in [0.5, 0.6) is 0 Å². The van der Waals surface area contributed by atoms with Gasteiger partial charge in [0.1, 0.15) is 0 Å². The highest BCUT2D eigenvalue weighted by Crippen LogP contribution is 2.34. The molecule has 0 spiro atoms. The number of anilines is 1. The van der Waals surface area contributed by atoms with Crippen molar-refractivity contribution in [1.82, 2.24) is 43.0 Å². The Morgan fingerprint density at radius 3 is 2.17 bits per heavy atom. The summed E-state index contributed by atoms with van der Waals surface area (Å²) in [5.41, 5.74) is 25.3. The molecule has 0 aromatic heterocycles. The van der Waals surface area contributed by atoms with Gasteiger partial charge in [-0.15, -0.1) is 8.87 Å². The Balaban J connectivity index is 1.56. The predicted octanol–water partition coefficient (Wildman–Crippen LogP) is 12.2. The van der Waals surface area contributed by atoms with Crippen molar-refractivity contribution >= 4 is 11.8 Å². The number of ether oxygens (including phenoxy) is 1. The van der Waals surface area contributed by atoms with E-state index in [1.807, 2.05) is 7.05 Å². The molecule has 1 aromatic rings. The standard InChI is InChI=1S/C62H99F2N11O2/c1-13-62(10,11)60(67-12)59(66)53-29-16-17-32-56(53)72-46(6)27-18-23-38-70-75-49(9)55(31-19-21-36-68-48(8)54(74-61(63)76)30-20-22-37-69-64)71-45(5)25-14-15-26-47(7)73-57-40-50(39-43(2)3)34-35-51(57)41-52-28-24-33-58(77-52)44(4)42-65/h16-17,29,32,34-35,40,43,52-56,58,67-73,75H,4-9,13-15,18-28,30-31,33,36-39,41,66H2,1-3,10-12H3,(H,74,76)/b60-59-. The molecule has 13 nitrogen and oxygen atoms in total. The zero-order valence-corrected chi connectivity index (χ0v) is 48.0. The maximum Gasteiger partial charge on any atom is 0.397 e. The van der Waals surface area contributed by atoms with Gasteiger partial charge in [0.2, 0.25) is 0 Å². The fourth-order valence-electron chi connectivity index (χ4n) is 9.96. The second kappa shape index (κ2) is 35.6. The van der Waals surface area contributed by atoms with E-state index in [1.165, 1.54) is 11.1 Å². The molecule has 428 valence electrons. The third-order valence-electron chi connectivity index (χ3n) is 14.7. The highest BCUT2D eigenvalue weighted by Gasteiger charge is 2.30. The summed E-state index contributed by atoms with van der Waals surface area (Å²) in [6, 6.07) is 8.18. The maximum absolute atomic E-state index is 13.4. The molecule has 6 atom stereocenters. The van der Waals surface area contributed by atoms with Crippen LogP contribution >= 0.6 is 0 Å². The lowest BCUT2D eigenvalue weighted by Crippen LogP contribution is -2.41. The van der Waals surface area contributed by atoms with Gasteiger partial charge in [0.05, 0.1) is 42.0 Å². The summed E-state index contributed by atoms with van der Waals surface area (Å²) in [5.74, 6) is 0.534. The summed E-state index contributed by atoms with van der Waals surface area (Å²) in [5, 5.41) is 29.4. The van der Waals surface area contributed by atoms with Gasteiger partial charge in [0, 0.05) is 90.0 Å². The lowest BCUT2D eigenvalue weighted by molar-refractivity contribution is -0.0275. The van der Waals surface area contributed by atoms with E-state index in [1.54, 1.807) is 5.54 Å². The number of benzene rings is 1. The molecule has 15 heteroatoms. The molecule has 2 aliphatic rings. The van der Waals surface area contributed by atoms with Crippen molar-refractivity contribution in [2.75, 3.05) is 32.0 Å². The summed E-state index contributed by atoms with van der Waals surface area (Å²) in [6.07, 6.45) is 22.2. The molecule has 1 fully saturated rings. The van der Waals surface area contributed by atoms with Crippen LogP contribution in [-0.2, 0) is 17.6 Å². The number of nitrogens with two attached hydrogens (primary N) is 1. The number of rotatable bonds is 41. The summed E-state index contributed by atoms with van der Waals surface area (Å²) in [7, 11) is 1.94. The van der Waals surface area contributed by atoms with Gasteiger partial charge in [-0.3, -0.25) is 0 Å². The number of allylic oxidation sites excluding steroid dienone is 6. The van der Waals surface area contributed by atoms with E-state index in [4.69, 9.17) is 10.5 Å². The second-order valence-electron chi connectivity index (χ2n) is 22.1. The number of nitrogens with zero attached hydrogens (tertiary/aromatic N) is 1. The minimum atomic E-state index is -1.62. The van der Waals surface area contributed by atoms with Crippen LogP contribution < -0.4 is 54.0 Å². The van der Waals surface area contributed by atoms with Crippen molar-refractivity contribution in [3.63, 3.8) is 0 Å². The number of hydrogen-bond donors (Lipinski definition) is 10. The summed E-state index contributed by atoms with van der Waals surface area (Å²) >= 11 is 0. The van der Waals surface area contributed by atoms with Crippen LogP contribution in [0.15, 0.2) is 127 Å². The largest absolute Gasteiger partial charge is 0.400 e. The Labute approximate surface area is 463 Å². The van der Waals surface area contributed by atoms with Crippen LogP contribution in [0.1, 0.15) is 155 Å². The first-order chi connectivity index (χ1) is 36.8. The fourth-order valence-corrected chi connectivity index (χ4v) is 9.96. The van der Waals surface area contributed by atoms with E-state index in [0.29, 0.717) is 43.0 Å². The van der Waals surface area contributed by atoms with Gasteiger partial charge in [-0.1, -0.05) is 111 Å². The van der Waals surface area contributed by atoms with Gasteiger partial charge >= 0.3 is 6.16 Å². The molecule has 1 aliphatic heterocycles. The van der Waals surface area contributed by atoms with Crippen LogP contribution in [0, 0.1) is 28.6 Å². The Hall–Kier alpha value is -5.82. The highest BCUT2D eigenvalue weighted by atomic mass is 19.2. The molecule has 1 heterocycles. The Morgan fingerprint density at radius 1 is 0.857 bits per heavy atom. The number of amides is 1. The first-order valence-corrected chi connectivity index (χ1v) is 28.4. The van der Waals surface area contributed by atoms with Crippen LogP contribution in [0.3, 0.4) is 0 Å². The van der Waals surface area contributed by atoms with Crippen molar-refractivity contribution in [3.8, 4) is 6.07 Å². The molecule has 0 radical (unpaired) electrons. The summed E-state index contributed by atoms with van der Waals surface area (Å²) < 4.78 is 32.1. The van der Waals surface area contributed by atoms with E-state index in [9.17, 15) is 18.9 Å². The number of hydrazine groups is 1. The molecule has 3 rings (SSSR count). The third-order valence-corrected chi connectivity index (χ3v) is 14.7. The number of unbranched alkanes of at least 4 members (excludes halogenated alkanes) is 4. The molecular formula is C62H99F2N11O2. The van der Waals surface area contributed by atoms with Gasteiger partial charge in [-0.25, -0.2) is 10.2 Å². The van der Waals surface area contributed by atoms with Gasteiger partial charge in [0.15, 0.2) is 0 Å². The lowest BCUT2D eigenvalue weighted by Gasteiger charge is -2.34. The van der Waals surface area contributed by atoms with E-state index >= 15 is 0 Å². The molecular weight excluding hydrogens is 969 g/mol. The van der Waals surface area contributed by atoms with Crippen molar-refractivity contribution in [1.29, 1.82) is 5.26 Å². The molecule has 1 saturated heterocycles. The molecule has 1 amide bonds. The van der Waals surface area contributed by atoms with E-state index < -0.39 is 12.2 Å². The van der Waals surface area contributed by atoms with Crippen molar-refractivity contribution in [3.05, 3.63) is 139 Å². The lowest BCUT2D eigenvalue weighted by atomic mass is 9.81. The van der Waals surface area contributed by atoms with Crippen LogP contribution in [0.4, 0.5) is 19.4 Å². The number of nitriles is 1. The minimum absolute atomic E-state index is 0.00747. The molecule has 11 N–H and O–H groups in total. The number of carbonyl (C=O) groups excluding carboxylic acids is 1. The minimum Gasteiger partial charge on any atom is -0.400 e. The highest BCUT2D eigenvalue weighted by molar-refractivity contribution is 5.66. The first kappa shape index (κ1) is 65.5. The quantitative estimate of drug-likeness (QED) is 0.00749. The smallest absolute Gasteiger partial charge is 0.397 e. The van der Waals surface area contributed by atoms with E-state index in [-0.39, 0.29) is 42.2 Å². The van der Waals surface area contributed by atoms with E-state index in [2.05, 4.69) is 165 Å². The number of nitrogens with one attached hydrogen (secondary N) is 9. The SMILES string of the molecule is C=C(CCCCC(=C)NC(CCCCNC(=C)C(CCCCNF)NC(=O)F)C(=C)NNCCCCC(=C)NC1C=CC=CC1/C(N)=C(/NC)C(C)(C)CC)Nc1cc(CC(C)C)ccc1CC1CCCC(C(=C)C#N)O1. The normalized spacial score (nSPS) is 18.2. The number of hydrogen-bond acceptors (Lipinski definition) is 12. The zero-order valence-electron chi connectivity index (χ0n) is 48.0. The zero-order chi connectivity index (χ0) is 56.8. The second-order valence-corrected chi connectivity index (χ2v) is 22.1. The third kappa shape index (κ3) is 24.6. The van der Waals surface area contributed by atoms with Gasteiger partial charge < -0.3 is 47.8 Å². The van der Waals surface area contributed by atoms with Gasteiger partial charge in [-0.05, 0) is 139 Å². The van der Waals surface area contributed by atoms with Crippen molar-refractivity contribution in [2.45, 2.75) is 187 Å². The van der Waals surface area contributed by atoms with Crippen molar-refractivity contribution in [2.24, 2.45) is 23.0 Å². The number of halogens is 2. The Kier molecular flexibility index (Phi) is 30.2. The molecule has 1 aliphatic carbocycles. The van der Waals surface area contributed by atoms with Gasteiger partial charge in [0.25, 0.3) is 0 Å². The molecule has 0 bridgehead atoms. The molecule has 0 saturated carbocycles. The van der Waals surface area contributed by atoms with Crippen molar-refractivity contribution < 1.29 is 18.4 Å². The number of carbonyl (C=O) groups is 1. The average Bonchev–Trinajstić information content (AvgIpc) is 3.39. The van der Waals surface area contributed by atoms with E-state index in [0.717, 1.165) is 149 Å². The van der Waals surface area contributed by atoms with Crippen LogP contribution in [0.2, 0.25) is 0 Å². The monoisotopic (exact) mass is 1070 g/mol. The molecule has 6 unspecified atom stereocenters. The van der Waals surface area contributed by atoms with Crippen LogP contribution in [-0.4, -0.2) is 63.2 Å². The van der Waals surface area contributed by atoms with Gasteiger partial charge in [-0.2, -0.15) is 10.8 Å². The topological polar surface area (TPSA) is 184 Å². The molecule has 1 aromatic carbocycles. The summed E-state index contributed by atoms with van der Waals surface area (Å²) in [6.45, 7) is 38.2. The first-order valence-electron chi connectivity index (χ1n) is 28.4. The average molecular weight is 1070 g/mol. The fraction of sp³-hybridized carbons (Fsp3) is 0.581. The predicted molar refractivity (Wildman–Crippen MR) is 317 cm³/mol. The van der Waals surface area contributed by atoms with Crippen LogP contribution in [0.25, 0.3) is 0 Å². The Bertz CT molecular complexity index is 2210.